The minimum Gasteiger partial charge on any atom is -0.461 e. The minimum absolute atomic E-state index is 0.0199. The van der Waals surface area contributed by atoms with Crippen molar-refractivity contribution in [1.82, 2.24) is 10.0 Å². The van der Waals surface area contributed by atoms with E-state index in [1.54, 1.807) is 12.1 Å². The Kier molecular flexibility index (Phi) is 9.96. The van der Waals surface area contributed by atoms with Gasteiger partial charge in [-0.1, -0.05) is 24.3 Å². The molecule has 2 aromatic rings. The summed E-state index contributed by atoms with van der Waals surface area (Å²) >= 11 is 0.931. The number of hydrogen-bond donors (Lipinski definition) is 4. The third-order valence-corrected chi connectivity index (χ3v) is 6.75. The van der Waals surface area contributed by atoms with Gasteiger partial charge < -0.3 is 20.9 Å². The van der Waals surface area contributed by atoms with Crippen LogP contribution in [-0.4, -0.2) is 42.3 Å². The normalized spacial score (nSPS) is 14.8. The molecule has 1 fully saturated rings. The minimum atomic E-state index is -0.719. The van der Waals surface area contributed by atoms with E-state index in [1.807, 2.05) is 51.1 Å². The van der Waals surface area contributed by atoms with Crippen LogP contribution in [0.1, 0.15) is 62.4 Å². The van der Waals surface area contributed by atoms with Gasteiger partial charge in [-0.2, -0.15) is 0 Å². The molecular weight excluding hydrogens is 492 g/mol. The molecule has 0 heterocycles. The van der Waals surface area contributed by atoms with Gasteiger partial charge in [-0.05, 0) is 93.3 Å². The summed E-state index contributed by atoms with van der Waals surface area (Å²) in [5, 5.41) is 3.30. The summed E-state index contributed by atoms with van der Waals surface area (Å²) < 4.78 is 14.0. The van der Waals surface area contributed by atoms with Gasteiger partial charge in [0.05, 0.1) is 17.8 Å². The van der Waals surface area contributed by atoms with Gasteiger partial charge in [0, 0.05) is 11.4 Å². The number of benzene rings is 2. The van der Waals surface area contributed by atoms with Crippen molar-refractivity contribution < 1.29 is 23.9 Å². The molecule has 6 N–H and O–H groups in total. The van der Waals surface area contributed by atoms with Crippen LogP contribution in [0.2, 0.25) is 0 Å². The van der Waals surface area contributed by atoms with E-state index < -0.39 is 18.0 Å². The predicted octanol–water partition coefficient (Wildman–Crippen LogP) is 3.89. The van der Waals surface area contributed by atoms with Crippen molar-refractivity contribution in [3.8, 4) is 11.1 Å². The van der Waals surface area contributed by atoms with E-state index in [-0.39, 0.29) is 29.8 Å². The third-order valence-electron chi connectivity index (χ3n) is 5.87. The van der Waals surface area contributed by atoms with Crippen molar-refractivity contribution in [2.45, 2.75) is 75.6 Å². The van der Waals surface area contributed by atoms with Crippen LogP contribution in [0.3, 0.4) is 0 Å². The first kappa shape index (κ1) is 28.5. The molecule has 0 saturated heterocycles. The zero-order valence-electron chi connectivity index (χ0n) is 21.5. The van der Waals surface area contributed by atoms with Gasteiger partial charge in [-0.25, -0.2) is 4.79 Å². The number of hydrogen-bond acceptors (Lipinski definition) is 7. The highest BCUT2D eigenvalue weighted by molar-refractivity contribution is 7.98. The van der Waals surface area contributed by atoms with Gasteiger partial charge in [0.1, 0.15) is 12.1 Å². The number of nitrogens with two attached hydrogens (primary N) is 2. The van der Waals surface area contributed by atoms with Crippen molar-refractivity contribution in [3.05, 3.63) is 53.6 Å². The molecule has 0 unspecified atom stereocenters. The van der Waals surface area contributed by atoms with E-state index >= 15 is 0 Å². The molecule has 1 saturated carbocycles. The van der Waals surface area contributed by atoms with Crippen molar-refractivity contribution in [1.29, 1.82) is 0 Å². The standard InChI is InChI=1S/C27H36N4O5S/c1-27(2,3)35-16-22(25(33)36-20-9-4-5-10-20)30-15-17-7-6-8-18(13-17)19-11-12-23(37-31-26(29)34)21(14-19)24(28)32/h6-8,11-14,20,22,30H,4-5,9-10,15-16H2,1-3H3,(H2,28,32)(H3,29,31,34)/t22-/m0/s1. The maximum atomic E-state index is 12.9. The average Bonchev–Trinajstić information content (AvgIpc) is 3.35. The number of urea groups is 1. The molecule has 0 aliphatic heterocycles. The first-order chi connectivity index (χ1) is 17.5. The molecule has 0 aromatic heterocycles. The van der Waals surface area contributed by atoms with Gasteiger partial charge >= 0.3 is 12.0 Å². The topological polar surface area (TPSA) is 146 Å². The molecule has 2 aromatic carbocycles. The zero-order valence-corrected chi connectivity index (χ0v) is 22.4. The summed E-state index contributed by atoms with van der Waals surface area (Å²) in [4.78, 5) is 36.5. The Morgan fingerprint density at radius 3 is 2.41 bits per heavy atom. The number of primary amides is 2. The maximum Gasteiger partial charge on any atom is 0.325 e. The lowest BCUT2D eigenvalue weighted by Gasteiger charge is -2.25. The predicted molar refractivity (Wildman–Crippen MR) is 144 cm³/mol. The summed E-state index contributed by atoms with van der Waals surface area (Å²) in [7, 11) is 0. The first-order valence-corrected chi connectivity index (χ1v) is 13.2. The van der Waals surface area contributed by atoms with Crippen LogP contribution in [0.4, 0.5) is 4.79 Å². The Balaban J connectivity index is 1.73. The summed E-state index contributed by atoms with van der Waals surface area (Å²) in [5.74, 6) is -0.910. The van der Waals surface area contributed by atoms with E-state index in [2.05, 4.69) is 10.0 Å². The lowest BCUT2D eigenvalue weighted by Crippen LogP contribution is -2.44. The molecule has 3 amide bonds. The molecule has 1 aliphatic carbocycles. The van der Waals surface area contributed by atoms with Crippen LogP contribution in [0.25, 0.3) is 11.1 Å². The average molecular weight is 529 g/mol. The third kappa shape index (κ3) is 9.07. The quantitative estimate of drug-likeness (QED) is 0.256. The Bertz CT molecular complexity index is 1110. The van der Waals surface area contributed by atoms with Crippen LogP contribution >= 0.6 is 11.9 Å². The highest BCUT2D eigenvalue weighted by atomic mass is 32.2. The van der Waals surface area contributed by atoms with E-state index in [1.165, 1.54) is 0 Å². The summed E-state index contributed by atoms with van der Waals surface area (Å²) in [5.41, 5.74) is 13.2. The zero-order chi connectivity index (χ0) is 27.0. The summed E-state index contributed by atoms with van der Waals surface area (Å²) in [6.07, 6.45) is 3.96. The molecule has 9 nitrogen and oxygen atoms in total. The maximum absolute atomic E-state index is 12.9. The SMILES string of the molecule is CC(C)(C)OC[C@H](NCc1cccc(-c2ccc(SNC(N)=O)c(C(N)=O)c2)c1)C(=O)OC1CCCC1. The van der Waals surface area contributed by atoms with Crippen LogP contribution in [0, 0.1) is 0 Å². The van der Waals surface area contributed by atoms with E-state index in [4.69, 9.17) is 20.9 Å². The van der Waals surface area contributed by atoms with Gasteiger partial charge in [0.15, 0.2) is 0 Å². The lowest BCUT2D eigenvalue weighted by atomic mass is 10.0. The van der Waals surface area contributed by atoms with E-state index in [0.717, 1.165) is 54.3 Å². The highest BCUT2D eigenvalue weighted by Crippen LogP contribution is 2.28. The number of esters is 1. The highest BCUT2D eigenvalue weighted by Gasteiger charge is 2.27. The summed E-state index contributed by atoms with van der Waals surface area (Å²) in [6, 6.07) is 11.7. The molecule has 200 valence electrons. The van der Waals surface area contributed by atoms with Crippen LogP contribution in [-0.2, 0) is 20.8 Å². The summed E-state index contributed by atoms with van der Waals surface area (Å²) in [6.45, 7) is 6.47. The molecule has 37 heavy (non-hydrogen) atoms. The fraction of sp³-hybridized carbons (Fsp3) is 0.444. The Labute approximate surface area is 222 Å². The van der Waals surface area contributed by atoms with Gasteiger partial charge in [0.25, 0.3) is 0 Å². The second-order valence-corrected chi connectivity index (χ2v) is 10.9. The van der Waals surface area contributed by atoms with Gasteiger partial charge in [-0.3, -0.25) is 19.6 Å². The second-order valence-electron chi connectivity index (χ2n) is 10.0. The number of ether oxygens (including phenoxy) is 2. The van der Waals surface area contributed by atoms with Crippen molar-refractivity contribution in [2.75, 3.05) is 6.61 Å². The molecule has 1 atom stereocenters. The Hall–Kier alpha value is -3.08. The fourth-order valence-electron chi connectivity index (χ4n) is 3.99. The monoisotopic (exact) mass is 528 g/mol. The van der Waals surface area contributed by atoms with Crippen molar-refractivity contribution >= 4 is 29.9 Å². The van der Waals surface area contributed by atoms with Gasteiger partial charge in [-0.15, -0.1) is 0 Å². The molecular formula is C27H36N4O5S. The lowest BCUT2D eigenvalue weighted by molar-refractivity contribution is -0.154. The Morgan fingerprint density at radius 1 is 1.05 bits per heavy atom. The van der Waals surface area contributed by atoms with E-state index in [0.29, 0.717) is 11.4 Å². The molecule has 0 bridgehead atoms. The van der Waals surface area contributed by atoms with Crippen LogP contribution in [0.15, 0.2) is 47.4 Å². The van der Waals surface area contributed by atoms with Crippen LogP contribution in [0.5, 0.6) is 0 Å². The molecule has 0 radical (unpaired) electrons. The fourth-order valence-corrected chi connectivity index (χ4v) is 4.61. The van der Waals surface area contributed by atoms with Crippen LogP contribution < -0.4 is 21.5 Å². The molecule has 1 aliphatic rings. The number of nitrogens with one attached hydrogen (secondary N) is 2. The first-order valence-electron chi connectivity index (χ1n) is 12.3. The second kappa shape index (κ2) is 12.9. The van der Waals surface area contributed by atoms with Crippen molar-refractivity contribution in [3.63, 3.8) is 0 Å². The number of rotatable bonds is 11. The molecule has 10 heteroatoms. The number of carbonyl (C=O) groups is 3. The van der Waals surface area contributed by atoms with E-state index in [9.17, 15) is 14.4 Å². The van der Waals surface area contributed by atoms with Crippen molar-refractivity contribution in [2.24, 2.45) is 11.5 Å². The number of carbonyl (C=O) groups excluding carboxylic acids is 3. The Morgan fingerprint density at radius 2 is 1.76 bits per heavy atom. The largest absolute Gasteiger partial charge is 0.461 e. The number of amides is 3. The smallest absolute Gasteiger partial charge is 0.325 e. The molecule has 3 rings (SSSR count). The molecule has 0 spiro atoms. The van der Waals surface area contributed by atoms with Gasteiger partial charge in [0.2, 0.25) is 5.91 Å².